The van der Waals surface area contributed by atoms with E-state index in [9.17, 15) is 13.2 Å². The molecule has 2 aliphatic heterocycles. The first-order valence-corrected chi connectivity index (χ1v) is 11.1. The molecule has 154 valence electrons. The fourth-order valence-electron chi connectivity index (χ4n) is 4.07. The van der Waals surface area contributed by atoms with Gasteiger partial charge in [0.2, 0.25) is 10.0 Å². The van der Waals surface area contributed by atoms with E-state index < -0.39 is 10.0 Å². The van der Waals surface area contributed by atoms with Crippen LogP contribution in [0.4, 0.5) is 5.82 Å². The number of carbonyl (C=O) groups excluding carboxylic acids is 1. The Hall–Kier alpha value is -2.52. The lowest BCUT2D eigenvalue weighted by atomic mass is 10.0. The van der Waals surface area contributed by atoms with Gasteiger partial charge in [-0.25, -0.2) is 12.7 Å². The summed E-state index contributed by atoms with van der Waals surface area (Å²) in [4.78, 5) is 17.2. The zero-order chi connectivity index (χ0) is 20.8. The molecule has 0 spiro atoms. The van der Waals surface area contributed by atoms with Gasteiger partial charge < -0.3 is 9.80 Å². The van der Waals surface area contributed by atoms with Gasteiger partial charge >= 0.3 is 0 Å². The number of carbonyl (C=O) groups is 1. The summed E-state index contributed by atoms with van der Waals surface area (Å²) < 4.78 is 25.5. The third-order valence-electron chi connectivity index (χ3n) is 5.76. The first kappa shape index (κ1) is 19.8. The Labute approximate surface area is 171 Å². The molecule has 1 aromatic heterocycles. The lowest BCUT2D eigenvalue weighted by Crippen LogP contribution is -2.33. The van der Waals surface area contributed by atoms with Crippen LogP contribution in [0, 0.1) is 18.8 Å². The molecule has 0 bridgehead atoms. The summed E-state index contributed by atoms with van der Waals surface area (Å²) in [7, 11) is -0.516. The third kappa shape index (κ3) is 3.72. The zero-order valence-electron chi connectivity index (χ0n) is 16.8. The molecule has 2 atom stereocenters. The molecule has 0 aliphatic carbocycles. The number of aryl methyl sites for hydroxylation is 1. The van der Waals surface area contributed by atoms with E-state index in [1.54, 1.807) is 12.1 Å². The van der Waals surface area contributed by atoms with Crippen LogP contribution in [0.15, 0.2) is 41.3 Å². The van der Waals surface area contributed by atoms with E-state index in [2.05, 4.69) is 15.1 Å². The van der Waals surface area contributed by atoms with Gasteiger partial charge in [-0.1, -0.05) is 0 Å². The molecule has 8 nitrogen and oxygen atoms in total. The summed E-state index contributed by atoms with van der Waals surface area (Å²) in [6, 6.07) is 10.2. The summed E-state index contributed by atoms with van der Waals surface area (Å²) >= 11 is 0. The first-order valence-electron chi connectivity index (χ1n) is 9.63. The molecule has 29 heavy (non-hydrogen) atoms. The molecule has 0 saturated carbocycles. The van der Waals surface area contributed by atoms with Crippen molar-refractivity contribution in [2.45, 2.75) is 11.8 Å². The molecule has 2 aliphatic rings. The molecule has 0 N–H and O–H groups in total. The fourth-order valence-corrected chi connectivity index (χ4v) is 4.97. The predicted octanol–water partition coefficient (Wildman–Crippen LogP) is 1.24. The van der Waals surface area contributed by atoms with Crippen molar-refractivity contribution in [2.75, 3.05) is 45.2 Å². The van der Waals surface area contributed by atoms with E-state index in [0.29, 0.717) is 30.5 Å². The Kier molecular flexibility index (Phi) is 5.04. The Morgan fingerprint density at radius 3 is 2.10 bits per heavy atom. The topological polar surface area (TPSA) is 86.7 Å². The quantitative estimate of drug-likeness (QED) is 0.747. The Morgan fingerprint density at radius 1 is 0.966 bits per heavy atom. The summed E-state index contributed by atoms with van der Waals surface area (Å²) in [5.41, 5.74) is 1.42. The summed E-state index contributed by atoms with van der Waals surface area (Å²) in [6.07, 6.45) is 0. The van der Waals surface area contributed by atoms with Crippen molar-refractivity contribution >= 4 is 21.7 Å². The van der Waals surface area contributed by atoms with Crippen LogP contribution in [0.25, 0.3) is 0 Å². The minimum atomic E-state index is -3.49. The highest BCUT2D eigenvalue weighted by molar-refractivity contribution is 7.89. The second kappa shape index (κ2) is 7.38. The number of sulfonamides is 1. The molecule has 9 heteroatoms. The van der Waals surface area contributed by atoms with Gasteiger partial charge in [0.05, 0.1) is 10.6 Å². The average molecular weight is 416 g/mol. The van der Waals surface area contributed by atoms with Crippen molar-refractivity contribution < 1.29 is 13.2 Å². The number of hydrogen-bond acceptors (Lipinski definition) is 6. The van der Waals surface area contributed by atoms with E-state index in [0.717, 1.165) is 28.9 Å². The lowest BCUT2D eigenvalue weighted by Gasteiger charge is -2.22. The molecule has 0 radical (unpaired) electrons. The predicted molar refractivity (Wildman–Crippen MR) is 109 cm³/mol. The highest BCUT2D eigenvalue weighted by Crippen LogP contribution is 2.33. The summed E-state index contributed by atoms with van der Waals surface area (Å²) in [5, 5.41) is 8.41. The van der Waals surface area contributed by atoms with Gasteiger partial charge in [0.1, 0.15) is 0 Å². The van der Waals surface area contributed by atoms with E-state index in [1.165, 1.54) is 26.2 Å². The Morgan fingerprint density at radius 2 is 1.59 bits per heavy atom. The van der Waals surface area contributed by atoms with E-state index in [-0.39, 0.29) is 10.8 Å². The van der Waals surface area contributed by atoms with Crippen LogP contribution < -0.4 is 4.90 Å². The number of hydrogen-bond donors (Lipinski definition) is 0. The molecule has 2 aromatic rings. The number of amides is 1. The maximum atomic E-state index is 12.9. The van der Waals surface area contributed by atoms with Crippen LogP contribution in [-0.2, 0) is 10.0 Å². The maximum Gasteiger partial charge on any atom is 0.253 e. The lowest BCUT2D eigenvalue weighted by molar-refractivity contribution is 0.0782. The van der Waals surface area contributed by atoms with Gasteiger partial charge in [-0.05, 0) is 43.3 Å². The highest BCUT2D eigenvalue weighted by Gasteiger charge is 2.42. The third-order valence-corrected chi connectivity index (χ3v) is 7.59. The van der Waals surface area contributed by atoms with Gasteiger partial charge in [-0.3, -0.25) is 4.79 Å². The molecule has 2 saturated heterocycles. The highest BCUT2D eigenvalue weighted by atomic mass is 32.2. The van der Waals surface area contributed by atoms with Gasteiger partial charge in [0.25, 0.3) is 5.91 Å². The van der Waals surface area contributed by atoms with Crippen molar-refractivity contribution in [1.82, 2.24) is 19.4 Å². The number of aromatic nitrogens is 2. The van der Waals surface area contributed by atoms with Crippen molar-refractivity contribution in [3.63, 3.8) is 0 Å². The molecule has 2 unspecified atom stereocenters. The molecule has 1 amide bonds. The van der Waals surface area contributed by atoms with E-state index in [1.807, 2.05) is 24.0 Å². The molecule has 3 heterocycles. The van der Waals surface area contributed by atoms with E-state index >= 15 is 0 Å². The van der Waals surface area contributed by atoms with Crippen LogP contribution in [-0.4, -0.2) is 74.0 Å². The number of benzene rings is 1. The largest absolute Gasteiger partial charge is 0.354 e. The van der Waals surface area contributed by atoms with Crippen molar-refractivity contribution in [2.24, 2.45) is 11.8 Å². The Bertz CT molecular complexity index is 991. The van der Waals surface area contributed by atoms with Crippen LogP contribution in [0.5, 0.6) is 0 Å². The minimum Gasteiger partial charge on any atom is -0.354 e. The van der Waals surface area contributed by atoms with Gasteiger partial charge in [-0.15, -0.1) is 5.10 Å². The Balaban J connectivity index is 1.41. The molecule has 1 aromatic carbocycles. The van der Waals surface area contributed by atoms with Crippen molar-refractivity contribution in [3.05, 3.63) is 47.7 Å². The summed E-state index contributed by atoms with van der Waals surface area (Å²) in [5.74, 6) is 1.67. The second-order valence-electron chi connectivity index (χ2n) is 7.98. The average Bonchev–Trinajstić information content (AvgIpc) is 3.27. The summed E-state index contributed by atoms with van der Waals surface area (Å²) in [6.45, 7) is 5.06. The van der Waals surface area contributed by atoms with Crippen LogP contribution in [0.1, 0.15) is 16.1 Å². The number of rotatable bonds is 4. The number of nitrogens with zero attached hydrogens (tertiary/aromatic N) is 5. The fraction of sp³-hybridized carbons (Fsp3) is 0.450. The maximum absolute atomic E-state index is 12.9. The first-order chi connectivity index (χ1) is 13.8. The van der Waals surface area contributed by atoms with Crippen molar-refractivity contribution in [1.29, 1.82) is 0 Å². The molecular formula is C20H25N5O3S. The van der Waals surface area contributed by atoms with Crippen molar-refractivity contribution in [3.8, 4) is 0 Å². The van der Waals surface area contributed by atoms with E-state index in [4.69, 9.17) is 0 Å². The van der Waals surface area contributed by atoms with Crippen LogP contribution in [0.2, 0.25) is 0 Å². The van der Waals surface area contributed by atoms with Crippen LogP contribution in [0.3, 0.4) is 0 Å². The second-order valence-corrected chi connectivity index (χ2v) is 10.1. The normalized spacial score (nSPS) is 21.7. The SMILES string of the molecule is Cc1ccc(N2CC3CN(C(=O)c4ccc(S(=O)(=O)N(C)C)cc4)CC3C2)nn1. The van der Waals surface area contributed by atoms with Gasteiger partial charge in [-0.2, -0.15) is 5.10 Å². The van der Waals surface area contributed by atoms with Gasteiger partial charge in [0, 0.05) is 57.7 Å². The number of likely N-dealkylation sites (tertiary alicyclic amines) is 1. The smallest absolute Gasteiger partial charge is 0.253 e. The van der Waals surface area contributed by atoms with Crippen LogP contribution >= 0.6 is 0 Å². The number of anilines is 1. The van der Waals surface area contributed by atoms with Gasteiger partial charge in [0.15, 0.2) is 5.82 Å². The molecule has 2 fully saturated rings. The monoisotopic (exact) mass is 415 g/mol. The molecule has 4 rings (SSSR count). The number of fused-ring (bicyclic) bond motifs is 1. The minimum absolute atomic E-state index is 0.0464. The zero-order valence-corrected chi connectivity index (χ0v) is 17.6. The molecular weight excluding hydrogens is 390 g/mol. The standard InChI is InChI=1S/C20H25N5O3S/c1-14-4-9-19(22-21-14)24-10-16-12-25(13-17(16)11-24)20(26)15-5-7-18(8-6-15)29(27,28)23(2)3/h4-9,16-17H,10-13H2,1-3H3.